The second kappa shape index (κ2) is 3.91. The summed E-state index contributed by atoms with van der Waals surface area (Å²) < 4.78 is 23.6. The van der Waals surface area contributed by atoms with Gasteiger partial charge in [-0.25, -0.2) is 4.39 Å². The number of azide groups is 1. The Morgan fingerprint density at radius 2 is 2.46 bits per heavy atom. The third kappa shape index (κ3) is 2.84. The molecule has 0 spiro atoms. The van der Waals surface area contributed by atoms with Crippen LogP contribution in [0.25, 0.3) is 10.4 Å². The Hall–Kier alpha value is -0.840. The van der Waals surface area contributed by atoms with Crippen molar-refractivity contribution in [3.8, 4) is 0 Å². The fraction of sp³-hybridized carbons (Fsp3) is 1.00. The van der Waals surface area contributed by atoms with Gasteiger partial charge in [-0.2, -0.15) is 0 Å². The molecule has 6 heteroatoms. The van der Waals surface area contributed by atoms with Crippen LogP contribution in [0.2, 0.25) is 0 Å². The molecule has 1 saturated heterocycles. The molecule has 0 amide bonds. The molecular weight excluding hydrogens is 177 g/mol. The summed E-state index contributed by atoms with van der Waals surface area (Å²) in [4.78, 5) is 2.47. The van der Waals surface area contributed by atoms with E-state index in [4.69, 9.17) is 15.0 Å². The molecule has 0 radical (unpaired) electrons. The van der Waals surface area contributed by atoms with E-state index in [1.165, 1.54) is 0 Å². The minimum Gasteiger partial charge on any atom is -0.348 e. The molecule has 0 saturated carbocycles. The lowest BCUT2D eigenvalue weighted by Gasteiger charge is -2.18. The third-order valence-electron chi connectivity index (χ3n) is 1.75. The van der Waals surface area contributed by atoms with Gasteiger partial charge in [0.05, 0.1) is 13.2 Å². The first-order chi connectivity index (χ1) is 6.05. The van der Waals surface area contributed by atoms with E-state index >= 15 is 0 Å². The van der Waals surface area contributed by atoms with Gasteiger partial charge in [-0.15, -0.1) is 0 Å². The number of hydrogen-bond acceptors (Lipinski definition) is 3. The van der Waals surface area contributed by atoms with E-state index in [9.17, 15) is 4.39 Å². The van der Waals surface area contributed by atoms with E-state index in [0.29, 0.717) is 0 Å². The van der Waals surface area contributed by atoms with Gasteiger partial charge in [-0.1, -0.05) is 5.11 Å². The fourth-order valence-electron chi connectivity index (χ4n) is 1.13. The van der Waals surface area contributed by atoms with Crippen molar-refractivity contribution in [2.75, 3.05) is 13.2 Å². The van der Waals surface area contributed by atoms with Gasteiger partial charge in [0.1, 0.15) is 12.3 Å². The average Bonchev–Trinajstić information content (AvgIpc) is 2.42. The van der Waals surface area contributed by atoms with Crippen LogP contribution in [-0.4, -0.2) is 31.2 Å². The van der Waals surface area contributed by atoms with Gasteiger partial charge < -0.3 is 9.47 Å². The van der Waals surface area contributed by atoms with Crippen molar-refractivity contribution in [2.24, 2.45) is 5.11 Å². The minimum absolute atomic E-state index is 0.203. The first-order valence-electron chi connectivity index (χ1n) is 4.02. The van der Waals surface area contributed by atoms with Crippen molar-refractivity contribution in [3.05, 3.63) is 10.4 Å². The minimum atomic E-state index is -1.29. The standard InChI is InChI=1S/C7H12FN3O2/c1-7(2)12-4-6(13-7)5(8)3-10-11-9/h5-6H,3-4H2,1-2H3/t5?,6-/m1/s1. The lowest BCUT2D eigenvalue weighted by Crippen LogP contribution is -2.29. The van der Waals surface area contributed by atoms with Gasteiger partial charge in [-0.3, -0.25) is 0 Å². The summed E-state index contributed by atoms with van der Waals surface area (Å²) in [5.74, 6) is -0.731. The largest absolute Gasteiger partial charge is 0.348 e. The third-order valence-corrected chi connectivity index (χ3v) is 1.75. The summed E-state index contributed by atoms with van der Waals surface area (Å²) >= 11 is 0. The summed E-state index contributed by atoms with van der Waals surface area (Å²) in [7, 11) is 0. The predicted molar refractivity (Wildman–Crippen MR) is 43.8 cm³/mol. The monoisotopic (exact) mass is 189 g/mol. The number of halogens is 1. The zero-order chi connectivity index (χ0) is 9.90. The molecule has 13 heavy (non-hydrogen) atoms. The molecule has 1 rings (SSSR count). The fourth-order valence-corrected chi connectivity index (χ4v) is 1.13. The highest BCUT2D eigenvalue weighted by atomic mass is 19.1. The number of alkyl halides is 1. The van der Waals surface area contributed by atoms with Gasteiger partial charge in [0, 0.05) is 4.91 Å². The van der Waals surface area contributed by atoms with Crippen LogP contribution in [0.5, 0.6) is 0 Å². The molecule has 1 aliphatic heterocycles. The Balaban J connectivity index is 2.41. The Labute approximate surface area is 75.4 Å². The van der Waals surface area contributed by atoms with Crippen LogP contribution in [0.1, 0.15) is 13.8 Å². The molecule has 2 atom stereocenters. The van der Waals surface area contributed by atoms with E-state index in [-0.39, 0.29) is 13.2 Å². The Morgan fingerprint density at radius 3 is 2.92 bits per heavy atom. The van der Waals surface area contributed by atoms with Gasteiger partial charge in [-0.05, 0) is 19.4 Å². The van der Waals surface area contributed by atoms with Crippen LogP contribution in [0.3, 0.4) is 0 Å². The van der Waals surface area contributed by atoms with Crippen molar-refractivity contribution in [1.29, 1.82) is 0 Å². The second-order valence-electron chi connectivity index (χ2n) is 3.30. The molecule has 0 aromatic heterocycles. The van der Waals surface area contributed by atoms with E-state index in [2.05, 4.69) is 10.0 Å². The maximum Gasteiger partial charge on any atom is 0.163 e. The molecule has 0 N–H and O–H groups in total. The van der Waals surface area contributed by atoms with Crippen LogP contribution in [-0.2, 0) is 9.47 Å². The molecule has 0 aromatic rings. The molecule has 1 aliphatic rings. The topological polar surface area (TPSA) is 67.2 Å². The summed E-state index contributed by atoms with van der Waals surface area (Å²) in [5, 5.41) is 3.13. The SMILES string of the molecule is CC1(C)OC[C@H](C(F)CN=[N+]=[N-])O1. The maximum atomic E-state index is 13.2. The molecule has 0 aromatic carbocycles. The Kier molecular flexibility index (Phi) is 3.08. The molecule has 5 nitrogen and oxygen atoms in total. The highest BCUT2D eigenvalue weighted by Gasteiger charge is 2.37. The second-order valence-corrected chi connectivity index (χ2v) is 3.30. The molecule has 74 valence electrons. The lowest BCUT2D eigenvalue weighted by atomic mass is 10.2. The molecule has 1 heterocycles. The molecule has 1 unspecified atom stereocenters. The van der Waals surface area contributed by atoms with Crippen LogP contribution in [0.15, 0.2) is 5.11 Å². The van der Waals surface area contributed by atoms with Gasteiger partial charge in [0.25, 0.3) is 0 Å². The van der Waals surface area contributed by atoms with E-state index in [1.54, 1.807) is 13.8 Å². The zero-order valence-corrected chi connectivity index (χ0v) is 7.61. The van der Waals surface area contributed by atoms with Crippen LogP contribution >= 0.6 is 0 Å². The predicted octanol–water partition coefficient (Wildman–Crippen LogP) is 1.79. The Bertz CT molecular complexity index is 228. The average molecular weight is 189 g/mol. The van der Waals surface area contributed by atoms with Crippen molar-refractivity contribution in [3.63, 3.8) is 0 Å². The number of ether oxygens (including phenoxy) is 2. The summed E-state index contributed by atoms with van der Waals surface area (Å²) in [6, 6.07) is 0. The van der Waals surface area contributed by atoms with Crippen LogP contribution < -0.4 is 0 Å². The van der Waals surface area contributed by atoms with Crippen molar-refractivity contribution in [1.82, 2.24) is 0 Å². The van der Waals surface area contributed by atoms with Crippen LogP contribution in [0.4, 0.5) is 4.39 Å². The van der Waals surface area contributed by atoms with E-state index < -0.39 is 18.1 Å². The van der Waals surface area contributed by atoms with Gasteiger partial charge >= 0.3 is 0 Å². The summed E-state index contributed by atoms with van der Waals surface area (Å²) in [6.07, 6.45) is -1.92. The van der Waals surface area contributed by atoms with Crippen LogP contribution in [0, 0.1) is 0 Å². The molecular formula is C7H12FN3O2. The normalized spacial score (nSPS) is 28.1. The molecule has 0 bridgehead atoms. The zero-order valence-electron chi connectivity index (χ0n) is 7.61. The first kappa shape index (κ1) is 10.2. The van der Waals surface area contributed by atoms with Gasteiger partial charge in [0.15, 0.2) is 5.79 Å². The van der Waals surface area contributed by atoms with Crippen molar-refractivity contribution >= 4 is 0 Å². The van der Waals surface area contributed by atoms with E-state index in [1.807, 2.05) is 0 Å². The van der Waals surface area contributed by atoms with Crippen molar-refractivity contribution in [2.45, 2.75) is 31.9 Å². The smallest absolute Gasteiger partial charge is 0.163 e. The van der Waals surface area contributed by atoms with Gasteiger partial charge in [0.2, 0.25) is 0 Å². The Morgan fingerprint density at radius 1 is 1.77 bits per heavy atom. The maximum absolute atomic E-state index is 13.2. The number of rotatable bonds is 3. The highest BCUT2D eigenvalue weighted by molar-refractivity contribution is 4.79. The molecule has 1 fully saturated rings. The molecule has 0 aliphatic carbocycles. The van der Waals surface area contributed by atoms with Crippen molar-refractivity contribution < 1.29 is 13.9 Å². The first-order valence-corrected chi connectivity index (χ1v) is 4.02. The highest BCUT2D eigenvalue weighted by Crippen LogP contribution is 2.25. The summed E-state index contributed by atoms with van der Waals surface area (Å²) in [6.45, 7) is 3.43. The quantitative estimate of drug-likeness (QED) is 0.386. The van der Waals surface area contributed by atoms with E-state index in [0.717, 1.165) is 0 Å². The summed E-state index contributed by atoms with van der Waals surface area (Å²) in [5.41, 5.74) is 7.98. The number of nitrogens with zero attached hydrogens (tertiary/aromatic N) is 3. The lowest BCUT2D eigenvalue weighted by molar-refractivity contribution is -0.145. The number of hydrogen-bond donors (Lipinski definition) is 0.